The van der Waals surface area contributed by atoms with E-state index >= 15 is 0 Å². The van der Waals surface area contributed by atoms with Crippen LogP contribution in [0.25, 0.3) is 10.9 Å². The number of H-pyrrole nitrogens is 1. The monoisotopic (exact) mass is 221 g/mol. The Morgan fingerprint density at radius 3 is 3.00 bits per heavy atom. The Balaban J connectivity index is 0.00000144. The second-order valence-corrected chi connectivity index (χ2v) is 3.99. The van der Waals surface area contributed by atoms with E-state index in [9.17, 15) is 9.90 Å². The molecule has 4 nitrogen and oxygen atoms in total. The number of hydrogen-bond acceptors (Lipinski definition) is 2. The molecule has 1 aromatic heterocycles. The number of nitrogens with one attached hydrogen (secondary N) is 1. The minimum Gasteiger partial charge on any atom is -0.508 e. The lowest BCUT2D eigenvalue weighted by Crippen LogP contribution is -2.11. The van der Waals surface area contributed by atoms with Crippen molar-refractivity contribution in [3.8, 4) is 5.75 Å². The van der Waals surface area contributed by atoms with E-state index in [1.807, 2.05) is 0 Å². The molecule has 1 atom stereocenters. The van der Waals surface area contributed by atoms with E-state index in [4.69, 9.17) is 5.11 Å². The number of carbonyl (C=O) groups is 1. The number of aliphatic carboxylic acids is 1. The van der Waals surface area contributed by atoms with Gasteiger partial charge < -0.3 is 15.2 Å². The maximum Gasteiger partial charge on any atom is 0.306 e. The minimum atomic E-state index is -0.811. The largest absolute Gasteiger partial charge is 0.508 e. The van der Waals surface area contributed by atoms with E-state index in [1.54, 1.807) is 31.3 Å². The minimum absolute atomic E-state index is 0. The highest BCUT2D eigenvalue weighted by molar-refractivity contribution is 5.85. The second kappa shape index (κ2) is 3.89. The number of hydrogen-bond donors (Lipinski definition) is 3. The molecule has 0 saturated heterocycles. The van der Waals surface area contributed by atoms with Gasteiger partial charge in [0, 0.05) is 18.5 Å². The first-order chi connectivity index (χ1) is 7.58. The van der Waals surface area contributed by atoms with Gasteiger partial charge in [0.15, 0.2) is 0 Å². The number of aromatic hydroxyl groups is 1. The fraction of sp³-hybridized carbons (Fsp3) is 0.250. The number of benzene rings is 1. The number of carboxylic acids is 1. The van der Waals surface area contributed by atoms with Crippen molar-refractivity contribution < 1.29 is 16.4 Å². The Morgan fingerprint density at radius 1 is 1.56 bits per heavy atom. The first kappa shape index (κ1) is 10.5. The SMILES string of the molecule is CC(Cc1c[nH]c2ccc(O)cc12)C(=O)O.[HH]. The molecule has 1 heterocycles. The first-order valence-electron chi connectivity index (χ1n) is 5.09. The molecule has 0 spiro atoms. The van der Waals surface area contributed by atoms with Gasteiger partial charge in [-0.1, -0.05) is 6.92 Å². The predicted octanol–water partition coefficient (Wildman–Crippen LogP) is 2.38. The summed E-state index contributed by atoms with van der Waals surface area (Å²) in [6.45, 7) is 1.67. The molecule has 1 aromatic carbocycles. The van der Waals surface area contributed by atoms with Crippen LogP contribution in [0.4, 0.5) is 0 Å². The third-order valence-electron chi connectivity index (χ3n) is 2.70. The van der Waals surface area contributed by atoms with Gasteiger partial charge >= 0.3 is 5.97 Å². The van der Waals surface area contributed by atoms with Crippen molar-refractivity contribution in [1.29, 1.82) is 0 Å². The van der Waals surface area contributed by atoms with Gasteiger partial charge in [0.05, 0.1) is 5.92 Å². The Labute approximate surface area is 94.0 Å². The molecule has 4 heteroatoms. The smallest absolute Gasteiger partial charge is 0.306 e. The zero-order chi connectivity index (χ0) is 11.7. The highest BCUT2D eigenvalue weighted by Crippen LogP contribution is 2.24. The van der Waals surface area contributed by atoms with E-state index in [-0.39, 0.29) is 7.18 Å². The van der Waals surface area contributed by atoms with Gasteiger partial charge in [0.2, 0.25) is 0 Å². The van der Waals surface area contributed by atoms with Crippen LogP contribution < -0.4 is 0 Å². The Hall–Kier alpha value is -1.97. The number of phenols is 1. The van der Waals surface area contributed by atoms with Crippen molar-refractivity contribution in [2.45, 2.75) is 13.3 Å². The predicted molar refractivity (Wildman–Crippen MR) is 62.6 cm³/mol. The summed E-state index contributed by atoms with van der Waals surface area (Å²) in [6, 6.07) is 5.03. The van der Waals surface area contributed by atoms with Crippen molar-refractivity contribution in [1.82, 2.24) is 4.98 Å². The quantitative estimate of drug-likeness (QED) is 0.745. The average Bonchev–Trinajstić information content (AvgIpc) is 2.61. The molecule has 3 N–H and O–H groups in total. The Kier molecular flexibility index (Phi) is 2.56. The van der Waals surface area contributed by atoms with Gasteiger partial charge in [-0.05, 0) is 30.2 Å². The summed E-state index contributed by atoms with van der Waals surface area (Å²) < 4.78 is 0. The molecule has 0 aliphatic rings. The van der Waals surface area contributed by atoms with E-state index in [2.05, 4.69) is 4.98 Å². The standard InChI is InChI=1S/C12H13NO3.H2/c1-7(12(15)16)4-8-6-13-11-3-2-9(14)5-10(8)11;/h2-3,5-7,13-14H,4H2,1H3,(H,15,16);1H. The summed E-state index contributed by atoms with van der Waals surface area (Å²) in [5, 5.41) is 19.1. The van der Waals surface area contributed by atoms with Crippen LogP contribution in [0.2, 0.25) is 0 Å². The molecule has 16 heavy (non-hydrogen) atoms. The molecule has 2 rings (SSSR count). The maximum absolute atomic E-state index is 10.8. The van der Waals surface area contributed by atoms with Gasteiger partial charge in [0.1, 0.15) is 5.75 Å². The van der Waals surface area contributed by atoms with E-state index in [0.29, 0.717) is 6.42 Å². The van der Waals surface area contributed by atoms with Crippen molar-refractivity contribution in [3.05, 3.63) is 30.0 Å². The lowest BCUT2D eigenvalue weighted by Gasteiger charge is -2.04. The van der Waals surface area contributed by atoms with Crippen LogP contribution in [0.5, 0.6) is 5.75 Å². The van der Waals surface area contributed by atoms with Gasteiger partial charge in [-0.25, -0.2) is 0 Å². The second-order valence-electron chi connectivity index (χ2n) is 3.99. The summed E-state index contributed by atoms with van der Waals surface area (Å²) in [5.74, 6) is -1.05. The number of rotatable bonds is 3. The lowest BCUT2D eigenvalue weighted by molar-refractivity contribution is -0.141. The molecule has 0 saturated carbocycles. The highest BCUT2D eigenvalue weighted by Gasteiger charge is 2.14. The molecular weight excluding hydrogens is 206 g/mol. The van der Waals surface area contributed by atoms with Gasteiger partial charge in [-0.2, -0.15) is 0 Å². The summed E-state index contributed by atoms with van der Waals surface area (Å²) in [5.41, 5.74) is 1.83. The van der Waals surface area contributed by atoms with Crippen LogP contribution in [-0.2, 0) is 11.2 Å². The number of fused-ring (bicyclic) bond motifs is 1. The summed E-state index contributed by atoms with van der Waals surface area (Å²) in [4.78, 5) is 13.8. The van der Waals surface area contributed by atoms with Crippen molar-refractivity contribution in [2.24, 2.45) is 5.92 Å². The van der Waals surface area contributed by atoms with Gasteiger partial charge in [0.25, 0.3) is 0 Å². The molecule has 0 aliphatic heterocycles. The van der Waals surface area contributed by atoms with Crippen molar-refractivity contribution >= 4 is 16.9 Å². The van der Waals surface area contributed by atoms with Crippen LogP contribution in [0.3, 0.4) is 0 Å². The van der Waals surface area contributed by atoms with Crippen LogP contribution in [0.1, 0.15) is 13.9 Å². The molecule has 86 valence electrons. The molecular formula is C12H15NO3. The fourth-order valence-electron chi connectivity index (χ4n) is 1.75. The average molecular weight is 221 g/mol. The number of carboxylic acid groups (broad SMARTS) is 1. The third-order valence-corrected chi connectivity index (χ3v) is 2.70. The number of aromatic nitrogens is 1. The summed E-state index contributed by atoms with van der Waals surface area (Å²) >= 11 is 0. The first-order valence-corrected chi connectivity index (χ1v) is 5.09. The molecule has 0 bridgehead atoms. The molecule has 1 unspecified atom stereocenters. The molecule has 0 amide bonds. The van der Waals surface area contributed by atoms with Crippen LogP contribution in [0, 0.1) is 5.92 Å². The number of phenolic OH excluding ortho intramolecular Hbond substituents is 1. The van der Waals surface area contributed by atoms with Crippen LogP contribution in [-0.4, -0.2) is 21.2 Å². The van der Waals surface area contributed by atoms with E-state index in [1.165, 1.54) is 0 Å². The number of aromatic amines is 1. The van der Waals surface area contributed by atoms with E-state index in [0.717, 1.165) is 16.5 Å². The molecule has 0 radical (unpaired) electrons. The lowest BCUT2D eigenvalue weighted by atomic mass is 10.0. The van der Waals surface area contributed by atoms with Crippen molar-refractivity contribution in [3.63, 3.8) is 0 Å². The molecule has 2 aromatic rings. The highest BCUT2D eigenvalue weighted by atomic mass is 16.4. The summed E-state index contributed by atoms with van der Waals surface area (Å²) in [7, 11) is 0. The van der Waals surface area contributed by atoms with E-state index < -0.39 is 11.9 Å². The Morgan fingerprint density at radius 2 is 2.31 bits per heavy atom. The fourth-order valence-corrected chi connectivity index (χ4v) is 1.75. The third kappa shape index (κ3) is 1.86. The van der Waals surface area contributed by atoms with Crippen LogP contribution >= 0.6 is 0 Å². The zero-order valence-electron chi connectivity index (χ0n) is 8.90. The molecule has 0 aliphatic carbocycles. The van der Waals surface area contributed by atoms with Crippen molar-refractivity contribution in [2.75, 3.05) is 0 Å². The normalized spacial score (nSPS) is 12.8. The maximum atomic E-state index is 10.8. The van der Waals surface area contributed by atoms with Crippen LogP contribution in [0.15, 0.2) is 24.4 Å². The summed E-state index contributed by atoms with van der Waals surface area (Å²) in [6.07, 6.45) is 2.25. The Bertz CT molecular complexity index is 536. The molecule has 0 fully saturated rings. The zero-order valence-corrected chi connectivity index (χ0v) is 8.90. The van der Waals surface area contributed by atoms with Gasteiger partial charge in [-0.3, -0.25) is 4.79 Å². The topological polar surface area (TPSA) is 73.3 Å². The van der Waals surface area contributed by atoms with Gasteiger partial charge in [-0.15, -0.1) is 0 Å².